The van der Waals surface area contributed by atoms with Crippen LogP contribution in [0.5, 0.6) is 0 Å². The van der Waals surface area contributed by atoms with Gasteiger partial charge in [0.1, 0.15) is 6.04 Å². The second-order valence-electron chi connectivity index (χ2n) is 4.48. The summed E-state index contributed by atoms with van der Waals surface area (Å²) in [6, 6.07) is 2.90. The van der Waals surface area contributed by atoms with E-state index in [1.54, 1.807) is 12.1 Å². The number of pyridine rings is 1. The molecule has 0 aliphatic carbocycles. The molecular formula is C12H17N5O3. The molecule has 1 aromatic rings. The number of amides is 2. The number of nitrogens with zero attached hydrogens (tertiary/aromatic N) is 2. The maximum Gasteiger partial charge on any atom is 0.266 e. The number of nitrogen functional groups attached to an aromatic ring is 1. The van der Waals surface area contributed by atoms with Crippen molar-refractivity contribution in [2.45, 2.75) is 12.6 Å². The molecule has 2 amide bonds. The highest BCUT2D eigenvalue weighted by molar-refractivity contribution is 5.93. The van der Waals surface area contributed by atoms with Gasteiger partial charge < -0.3 is 10.5 Å². The second kappa shape index (κ2) is 6.42. The summed E-state index contributed by atoms with van der Waals surface area (Å²) in [7, 11) is 0. The molecule has 0 aromatic carbocycles. The predicted octanol–water partition coefficient (Wildman–Crippen LogP) is -1.63. The first-order chi connectivity index (χ1) is 9.61. The Hall–Kier alpha value is -2.03. The van der Waals surface area contributed by atoms with Gasteiger partial charge in [0.05, 0.1) is 24.5 Å². The largest absolute Gasteiger partial charge is 0.378 e. The number of nitrogens with two attached hydrogens (primary N) is 2. The fraction of sp³-hybridized carbons (Fsp3) is 0.417. The van der Waals surface area contributed by atoms with E-state index in [1.807, 2.05) is 10.3 Å². The van der Waals surface area contributed by atoms with Crippen LogP contribution in [0.25, 0.3) is 0 Å². The van der Waals surface area contributed by atoms with Gasteiger partial charge in [-0.2, -0.15) is 0 Å². The molecular weight excluding hydrogens is 262 g/mol. The molecule has 1 fully saturated rings. The summed E-state index contributed by atoms with van der Waals surface area (Å²) in [6.45, 7) is 1.93. The number of primary amides is 1. The van der Waals surface area contributed by atoms with Crippen LogP contribution in [0, 0.1) is 0 Å². The maximum absolute atomic E-state index is 11.4. The number of rotatable bonds is 4. The van der Waals surface area contributed by atoms with Crippen molar-refractivity contribution in [2.24, 2.45) is 11.6 Å². The van der Waals surface area contributed by atoms with Crippen molar-refractivity contribution in [2.75, 3.05) is 19.8 Å². The van der Waals surface area contributed by atoms with Crippen LogP contribution >= 0.6 is 0 Å². The molecule has 1 aliphatic rings. The maximum atomic E-state index is 11.4. The zero-order valence-electron chi connectivity index (χ0n) is 10.9. The number of carbonyl (C=O) groups is 2. The number of morpholine rings is 1. The van der Waals surface area contributed by atoms with Crippen LogP contribution in [-0.4, -0.2) is 47.5 Å². The third-order valence-electron chi connectivity index (χ3n) is 3.15. The molecule has 1 saturated heterocycles. The first-order valence-electron chi connectivity index (χ1n) is 6.19. The molecule has 2 rings (SSSR count). The number of nitrogens with one attached hydrogen (secondary N) is 1. The normalized spacial score (nSPS) is 19.6. The summed E-state index contributed by atoms with van der Waals surface area (Å²) >= 11 is 0. The van der Waals surface area contributed by atoms with E-state index in [2.05, 4.69) is 4.98 Å². The summed E-state index contributed by atoms with van der Waals surface area (Å²) in [5, 5.41) is 0. The second-order valence-corrected chi connectivity index (χ2v) is 4.48. The van der Waals surface area contributed by atoms with E-state index >= 15 is 0 Å². The van der Waals surface area contributed by atoms with Gasteiger partial charge in [0.25, 0.3) is 5.91 Å². The topological polar surface area (TPSA) is 124 Å². The fourth-order valence-corrected chi connectivity index (χ4v) is 2.03. The molecule has 1 aliphatic heterocycles. The minimum absolute atomic E-state index is 0.295. The SMILES string of the molecule is NNC(=O)c1ccc(CN2CCOCC2C(N)=O)nc1. The zero-order valence-corrected chi connectivity index (χ0v) is 10.9. The van der Waals surface area contributed by atoms with Gasteiger partial charge in [-0.05, 0) is 12.1 Å². The van der Waals surface area contributed by atoms with Gasteiger partial charge in [0.15, 0.2) is 0 Å². The van der Waals surface area contributed by atoms with Crippen molar-refractivity contribution < 1.29 is 14.3 Å². The molecule has 0 saturated carbocycles. The number of hydrogen-bond acceptors (Lipinski definition) is 6. The molecule has 20 heavy (non-hydrogen) atoms. The molecule has 1 unspecified atom stereocenters. The minimum Gasteiger partial charge on any atom is -0.378 e. The number of hydrogen-bond donors (Lipinski definition) is 3. The highest BCUT2D eigenvalue weighted by Gasteiger charge is 2.27. The predicted molar refractivity (Wildman–Crippen MR) is 70.1 cm³/mol. The number of hydrazine groups is 1. The van der Waals surface area contributed by atoms with Crippen molar-refractivity contribution in [3.8, 4) is 0 Å². The molecule has 1 aromatic heterocycles. The molecule has 0 radical (unpaired) electrons. The van der Waals surface area contributed by atoms with Crippen LogP contribution in [0.4, 0.5) is 0 Å². The monoisotopic (exact) mass is 279 g/mol. The Labute approximate surface area is 116 Å². The van der Waals surface area contributed by atoms with E-state index in [1.165, 1.54) is 6.20 Å². The van der Waals surface area contributed by atoms with Crippen LogP contribution in [0.15, 0.2) is 18.3 Å². The third-order valence-corrected chi connectivity index (χ3v) is 3.15. The lowest BCUT2D eigenvalue weighted by molar-refractivity contribution is -0.129. The van der Waals surface area contributed by atoms with Gasteiger partial charge in [-0.1, -0.05) is 0 Å². The lowest BCUT2D eigenvalue weighted by Crippen LogP contribution is -2.51. The van der Waals surface area contributed by atoms with Gasteiger partial charge in [-0.15, -0.1) is 0 Å². The van der Waals surface area contributed by atoms with Gasteiger partial charge >= 0.3 is 0 Å². The van der Waals surface area contributed by atoms with Crippen molar-refractivity contribution in [1.82, 2.24) is 15.3 Å². The molecule has 108 valence electrons. The first kappa shape index (κ1) is 14.4. The molecule has 8 nitrogen and oxygen atoms in total. The van der Waals surface area contributed by atoms with Crippen LogP contribution in [-0.2, 0) is 16.1 Å². The average Bonchev–Trinajstić information content (AvgIpc) is 2.47. The molecule has 5 N–H and O–H groups in total. The Morgan fingerprint density at radius 2 is 2.30 bits per heavy atom. The number of ether oxygens (including phenoxy) is 1. The average molecular weight is 279 g/mol. The van der Waals surface area contributed by atoms with E-state index in [-0.39, 0.29) is 0 Å². The molecule has 0 bridgehead atoms. The van der Waals surface area contributed by atoms with Crippen molar-refractivity contribution in [3.63, 3.8) is 0 Å². The lowest BCUT2D eigenvalue weighted by Gasteiger charge is -2.33. The Kier molecular flexibility index (Phi) is 4.61. The molecule has 1 atom stereocenters. The summed E-state index contributed by atoms with van der Waals surface area (Å²) < 4.78 is 5.25. The van der Waals surface area contributed by atoms with Gasteiger partial charge in [-0.3, -0.25) is 24.9 Å². The Bertz CT molecular complexity index is 490. The van der Waals surface area contributed by atoms with E-state index in [4.69, 9.17) is 16.3 Å². The highest BCUT2D eigenvalue weighted by atomic mass is 16.5. The summed E-state index contributed by atoms with van der Waals surface area (Å²) in [4.78, 5) is 28.7. The van der Waals surface area contributed by atoms with Crippen LogP contribution in [0.1, 0.15) is 16.1 Å². The fourth-order valence-electron chi connectivity index (χ4n) is 2.03. The van der Waals surface area contributed by atoms with E-state index < -0.39 is 17.9 Å². The molecule has 0 spiro atoms. The Morgan fingerprint density at radius 3 is 2.90 bits per heavy atom. The van der Waals surface area contributed by atoms with Crippen LogP contribution < -0.4 is 17.0 Å². The van der Waals surface area contributed by atoms with E-state index in [0.717, 1.165) is 5.69 Å². The zero-order chi connectivity index (χ0) is 14.5. The van der Waals surface area contributed by atoms with Gasteiger partial charge in [-0.25, -0.2) is 5.84 Å². The number of aromatic nitrogens is 1. The van der Waals surface area contributed by atoms with Crippen molar-refractivity contribution in [1.29, 1.82) is 0 Å². The van der Waals surface area contributed by atoms with Crippen molar-refractivity contribution >= 4 is 11.8 Å². The van der Waals surface area contributed by atoms with Crippen LogP contribution in [0.2, 0.25) is 0 Å². The minimum atomic E-state index is -0.447. The quantitative estimate of drug-likeness (QED) is 0.345. The lowest BCUT2D eigenvalue weighted by atomic mass is 10.2. The Balaban J connectivity index is 2.05. The number of carbonyl (C=O) groups excluding carboxylic acids is 2. The smallest absolute Gasteiger partial charge is 0.266 e. The highest BCUT2D eigenvalue weighted by Crippen LogP contribution is 2.11. The van der Waals surface area contributed by atoms with Gasteiger partial charge in [0.2, 0.25) is 5.91 Å². The summed E-state index contributed by atoms with van der Waals surface area (Å²) in [5.74, 6) is 4.23. The first-order valence-corrected chi connectivity index (χ1v) is 6.19. The summed E-state index contributed by atoms with van der Waals surface area (Å²) in [5.41, 5.74) is 8.50. The van der Waals surface area contributed by atoms with E-state index in [9.17, 15) is 9.59 Å². The Morgan fingerprint density at radius 1 is 1.50 bits per heavy atom. The third kappa shape index (κ3) is 3.29. The molecule has 2 heterocycles. The van der Waals surface area contributed by atoms with E-state index in [0.29, 0.717) is 31.9 Å². The van der Waals surface area contributed by atoms with Gasteiger partial charge in [0, 0.05) is 19.3 Å². The van der Waals surface area contributed by atoms with Crippen LogP contribution in [0.3, 0.4) is 0 Å². The summed E-state index contributed by atoms with van der Waals surface area (Å²) in [6.07, 6.45) is 1.44. The van der Waals surface area contributed by atoms with Crippen molar-refractivity contribution in [3.05, 3.63) is 29.6 Å². The molecule has 8 heteroatoms. The standard InChI is InChI=1S/C12H17N5O3/c13-11(18)10-7-20-4-3-17(10)6-9-2-1-8(5-15-9)12(19)16-14/h1-2,5,10H,3-4,6-7,14H2,(H2,13,18)(H,16,19).